The number of imidazole rings is 1. The molecule has 0 bridgehead atoms. The summed E-state index contributed by atoms with van der Waals surface area (Å²) in [5.41, 5.74) is 3.10. The molecule has 28 heavy (non-hydrogen) atoms. The number of amides is 1. The van der Waals surface area contributed by atoms with Crippen molar-refractivity contribution in [2.24, 2.45) is 0 Å². The van der Waals surface area contributed by atoms with Crippen LogP contribution in [0, 0.1) is 6.92 Å². The molecule has 7 nitrogen and oxygen atoms in total. The van der Waals surface area contributed by atoms with Gasteiger partial charge in [-0.3, -0.25) is 4.79 Å². The predicted octanol–water partition coefficient (Wildman–Crippen LogP) is 3.20. The van der Waals surface area contributed by atoms with E-state index < -0.39 is 17.9 Å². The molecule has 0 fully saturated rings. The van der Waals surface area contributed by atoms with Crippen molar-refractivity contribution in [1.29, 1.82) is 0 Å². The van der Waals surface area contributed by atoms with Crippen LogP contribution < -0.4 is 10.1 Å². The molecule has 1 atom stereocenters. The summed E-state index contributed by atoms with van der Waals surface area (Å²) in [6, 6.07) is 9.71. The van der Waals surface area contributed by atoms with Gasteiger partial charge in [-0.1, -0.05) is 25.5 Å². The molecule has 0 aliphatic carbocycles. The Morgan fingerprint density at radius 2 is 2.07 bits per heavy atom. The van der Waals surface area contributed by atoms with Crippen LogP contribution in [0.2, 0.25) is 0 Å². The lowest BCUT2D eigenvalue weighted by atomic mass is 10.1. The molecule has 2 N–H and O–H groups in total. The zero-order valence-electron chi connectivity index (χ0n) is 15.9. The molecule has 0 saturated carbocycles. The number of nitrogens with one attached hydrogen (secondary N) is 1. The molecule has 0 saturated heterocycles. The largest absolute Gasteiger partial charge is 0.487 e. The van der Waals surface area contributed by atoms with Gasteiger partial charge < -0.3 is 19.6 Å². The summed E-state index contributed by atoms with van der Waals surface area (Å²) in [5, 5.41) is 11.7. The third-order valence-corrected chi connectivity index (χ3v) is 4.31. The van der Waals surface area contributed by atoms with Crippen LogP contribution in [0.5, 0.6) is 5.75 Å². The van der Waals surface area contributed by atoms with E-state index in [0.29, 0.717) is 24.2 Å². The maximum absolute atomic E-state index is 12.4. The maximum Gasteiger partial charge on any atom is 0.326 e. The van der Waals surface area contributed by atoms with Crippen LogP contribution in [0.15, 0.2) is 48.8 Å². The van der Waals surface area contributed by atoms with Gasteiger partial charge in [0.25, 0.3) is 5.91 Å². The number of aromatic nitrogens is 2. The third-order valence-electron chi connectivity index (χ3n) is 4.31. The summed E-state index contributed by atoms with van der Waals surface area (Å²) in [4.78, 5) is 28.1. The number of rotatable bonds is 8. The SMILES string of the molecule is CCCC(NC(=O)c1cccc(OCc2cn3cc(C)ccc3n2)c1)C(=O)O. The summed E-state index contributed by atoms with van der Waals surface area (Å²) >= 11 is 0. The zero-order valence-corrected chi connectivity index (χ0v) is 15.9. The highest BCUT2D eigenvalue weighted by Gasteiger charge is 2.19. The Bertz CT molecular complexity index is 996. The standard InChI is InChI=1S/C21H23N3O4/c1-3-5-18(21(26)27)23-20(25)15-6-4-7-17(10-15)28-13-16-12-24-11-14(2)8-9-19(24)22-16/h4,6-12,18H,3,5,13H2,1-2H3,(H,23,25)(H,26,27). The molecule has 1 amide bonds. The van der Waals surface area contributed by atoms with Crippen molar-refractivity contribution >= 4 is 17.5 Å². The van der Waals surface area contributed by atoms with E-state index in [-0.39, 0.29) is 6.61 Å². The lowest BCUT2D eigenvalue weighted by Gasteiger charge is -2.14. The first kappa shape index (κ1) is 19.4. The third kappa shape index (κ3) is 4.68. The number of fused-ring (bicyclic) bond motifs is 1. The van der Waals surface area contributed by atoms with Crippen LogP contribution in [-0.2, 0) is 11.4 Å². The number of carboxylic acid groups (broad SMARTS) is 1. The van der Waals surface area contributed by atoms with Gasteiger partial charge in [-0.15, -0.1) is 0 Å². The van der Waals surface area contributed by atoms with Crippen LogP contribution in [0.3, 0.4) is 0 Å². The van der Waals surface area contributed by atoms with E-state index in [1.54, 1.807) is 24.3 Å². The second kappa shape index (κ2) is 8.56. The van der Waals surface area contributed by atoms with Crippen molar-refractivity contribution in [2.75, 3.05) is 0 Å². The lowest BCUT2D eigenvalue weighted by molar-refractivity contribution is -0.139. The predicted molar refractivity (Wildman–Crippen MR) is 105 cm³/mol. The smallest absolute Gasteiger partial charge is 0.326 e. The minimum absolute atomic E-state index is 0.263. The van der Waals surface area contributed by atoms with E-state index in [4.69, 9.17) is 4.74 Å². The van der Waals surface area contributed by atoms with Gasteiger partial charge in [0.1, 0.15) is 24.0 Å². The first-order chi connectivity index (χ1) is 13.5. The highest BCUT2D eigenvalue weighted by atomic mass is 16.5. The molecule has 3 aromatic rings. The van der Waals surface area contributed by atoms with Crippen LogP contribution in [0.1, 0.15) is 41.4 Å². The molecular formula is C21H23N3O4. The number of pyridine rings is 1. The number of aliphatic carboxylic acids is 1. The van der Waals surface area contributed by atoms with E-state index >= 15 is 0 Å². The number of nitrogens with zero attached hydrogens (tertiary/aromatic N) is 2. The van der Waals surface area contributed by atoms with Crippen molar-refractivity contribution in [1.82, 2.24) is 14.7 Å². The zero-order chi connectivity index (χ0) is 20.1. The van der Waals surface area contributed by atoms with E-state index in [2.05, 4.69) is 10.3 Å². The number of hydrogen-bond donors (Lipinski definition) is 2. The van der Waals surface area contributed by atoms with Crippen molar-refractivity contribution in [3.8, 4) is 5.75 Å². The van der Waals surface area contributed by atoms with Crippen molar-refractivity contribution in [3.63, 3.8) is 0 Å². The fourth-order valence-electron chi connectivity index (χ4n) is 2.90. The van der Waals surface area contributed by atoms with Gasteiger partial charge in [-0.05, 0) is 43.2 Å². The average Bonchev–Trinajstić information content (AvgIpc) is 3.08. The van der Waals surface area contributed by atoms with E-state index in [1.165, 1.54) is 0 Å². The fraction of sp³-hybridized carbons (Fsp3) is 0.286. The van der Waals surface area contributed by atoms with Gasteiger partial charge in [0, 0.05) is 18.0 Å². The number of aryl methyl sites for hydroxylation is 1. The van der Waals surface area contributed by atoms with E-state index in [9.17, 15) is 14.7 Å². The lowest BCUT2D eigenvalue weighted by Crippen LogP contribution is -2.40. The minimum Gasteiger partial charge on any atom is -0.487 e. The average molecular weight is 381 g/mol. The van der Waals surface area contributed by atoms with Gasteiger partial charge in [-0.2, -0.15) is 0 Å². The van der Waals surface area contributed by atoms with Gasteiger partial charge in [-0.25, -0.2) is 9.78 Å². The molecule has 0 aliphatic rings. The number of carbonyl (C=O) groups is 2. The Labute approximate surface area is 163 Å². The Balaban J connectivity index is 1.66. The second-order valence-corrected chi connectivity index (χ2v) is 6.67. The van der Waals surface area contributed by atoms with E-state index in [1.807, 2.05) is 42.8 Å². The molecule has 1 unspecified atom stereocenters. The highest BCUT2D eigenvalue weighted by Crippen LogP contribution is 2.16. The Morgan fingerprint density at radius 1 is 1.25 bits per heavy atom. The Morgan fingerprint density at radius 3 is 2.82 bits per heavy atom. The van der Waals surface area contributed by atoms with Crippen LogP contribution in [-0.4, -0.2) is 32.4 Å². The first-order valence-electron chi connectivity index (χ1n) is 9.17. The highest BCUT2D eigenvalue weighted by molar-refractivity contribution is 5.96. The van der Waals surface area contributed by atoms with Gasteiger partial charge in [0.15, 0.2) is 0 Å². The Kier molecular flexibility index (Phi) is 5.93. The molecule has 2 heterocycles. The van der Waals surface area contributed by atoms with Crippen molar-refractivity contribution in [2.45, 2.75) is 39.3 Å². The van der Waals surface area contributed by atoms with Crippen molar-refractivity contribution in [3.05, 3.63) is 65.6 Å². The normalized spacial score (nSPS) is 11.9. The number of ether oxygens (including phenoxy) is 1. The summed E-state index contributed by atoms with van der Waals surface area (Å²) in [7, 11) is 0. The molecule has 2 aromatic heterocycles. The van der Waals surface area contributed by atoms with Crippen LogP contribution >= 0.6 is 0 Å². The molecule has 1 aromatic carbocycles. The maximum atomic E-state index is 12.4. The van der Waals surface area contributed by atoms with Gasteiger partial charge in [0.05, 0.1) is 5.69 Å². The summed E-state index contributed by atoms with van der Waals surface area (Å²) < 4.78 is 7.71. The molecule has 3 rings (SSSR count). The quantitative estimate of drug-likeness (QED) is 0.625. The second-order valence-electron chi connectivity index (χ2n) is 6.67. The number of hydrogen-bond acceptors (Lipinski definition) is 4. The number of carbonyl (C=O) groups excluding carboxylic acids is 1. The summed E-state index contributed by atoms with van der Waals surface area (Å²) in [6.07, 6.45) is 4.94. The number of benzene rings is 1. The molecular weight excluding hydrogens is 358 g/mol. The summed E-state index contributed by atoms with van der Waals surface area (Å²) in [5.74, 6) is -0.956. The van der Waals surface area contributed by atoms with Gasteiger partial charge >= 0.3 is 5.97 Å². The topological polar surface area (TPSA) is 92.9 Å². The van der Waals surface area contributed by atoms with Gasteiger partial charge in [0.2, 0.25) is 0 Å². The first-order valence-corrected chi connectivity index (χ1v) is 9.17. The molecule has 0 aliphatic heterocycles. The molecule has 0 radical (unpaired) electrons. The molecule has 7 heteroatoms. The summed E-state index contributed by atoms with van der Waals surface area (Å²) in [6.45, 7) is 4.15. The van der Waals surface area contributed by atoms with Crippen LogP contribution in [0.4, 0.5) is 0 Å². The number of carboxylic acids is 1. The fourth-order valence-corrected chi connectivity index (χ4v) is 2.90. The van der Waals surface area contributed by atoms with Crippen LogP contribution in [0.25, 0.3) is 5.65 Å². The molecule has 0 spiro atoms. The molecule has 146 valence electrons. The Hall–Kier alpha value is -3.35. The minimum atomic E-state index is -1.04. The monoisotopic (exact) mass is 381 g/mol. The van der Waals surface area contributed by atoms with E-state index in [0.717, 1.165) is 16.9 Å². The van der Waals surface area contributed by atoms with Crippen molar-refractivity contribution < 1.29 is 19.4 Å².